The van der Waals surface area contributed by atoms with Gasteiger partial charge in [-0.05, 0) is 38.1 Å². The third-order valence-corrected chi connectivity index (χ3v) is 3.58. The number of imidazole rings is 1. The van der Waals surface area contributed by atoms with Crippen LogP contribution >= 0.6 is 0 Å². The molecule has 0 saturated carbocycles. The van der Waals surface area contributed by atoms with E-state index in [-0.39, 0.29) is 13.2 Å². The van der Waals surface area contributed by atoms with Gasteiger partial charge in [-0.3, -0.25) is 0 Å². The second-order valence-electron chi connectivity index (χ2n) is 5.34. The molecule has 0 bridgehead atoms. The predicted molar refractivity (Wildman–Crippen MR) is 86.4 cm³/mol. The number of fused-ring (bicyclic) bond motifs is 1. The lowest BCUT2D eigenvalue weighted by molar-refractivity contribution is -0.147. The van der Waals surface area contributed by atoms with Crippen LogP contribution in [-0.4, -0.2) is 22.0 Å². The van der Waals surface area contributed by atoms with Crippen LogP contribution in [0.5, 0.6) is 5.75 Å². The fourth-order valence-corrected chi connectivity index (χ4v) is 2.31. The van der Waals surface area contributed by atoms with E-state index in [4.69, 9.17) is 9.47 Å². The molecule has 2 heterocycles. The Morgan fingerprint density at radius 3 is 2.70 bits per heavy atom. The molecule has 3 aromatic rings. The quantitative estimate of drug-likeness (QED) is 0.680. The minimum atomic E-state index is -0.407. The van der Waals surface area contributed by atoms with Gasteiger partial charge in [0.05, 0.1) is 11.4 Å². The number of rotatable bonds is 5. The van der Waals surface area contributed by atoms with Crippen molar-refractivity contribution in [2.75, 3.05) is 6.61 Å². The number of esters is 1. The van der Waals surface area contributed by atoms with E-state index in [9.17, 15) is 4.79 Å². The van der Waals surface area contributed by atoms with E-state index >= 15 is 0 Å². The Bertz CT molecular complexity index is 822. The standard InChI is InChI=1S/C18H18N2O3/c1-13-6-8-15(9-7-13)22-12-18(21)23-11-16-14(2)19-17-5-3-4-10-20(16)17/h3-10H,11-12H2,1-2H3. The number of benzene rings is 1. The normalized spacial score (nSPS) is 10.7. The summed E-state index contributed by atoms with van der Waals surface area (Å²) in [6, 6.07) is 13.3. The Morgan fingerprint density at radius 2 is 1.91 bits per heavy atom. The number of pyridine rings is 1. The molecule has 0 amide bonds. The lowest BCUT2D eigenvalue weighted by Crippen LogP contribution is -2.15. The van der Waals surface area contributed by atoms with E-state index in [2.05, 4.69) is 4.98 Å². The summed E-state index contributed by atoms with van der Waals surface area (Å²) in [7, 11) is 0. The van der Waals surface area contributed by atoms with Gasteiger partial charge in [0, 0.05) is 6.20 Å². The van der Waals surface area contributed by atoms with E-state index in [1.165, 1.54) is 0 Å². The molecule has 0 saturated heterocycles. The smallest absolute Gasteiger partial charge is 0.344 e. The number of carbonyl (C=O) groups excluding carboxylic acids is 1. The highest BCUT2D eigenvalue weighted by molar-refractivity contribution is 5.71. The number of nitrogens with zero attached hydrogens (tertiary/aromatic N) is 2. The topological polar surface area (TPSA) is 52.8 Å². The molecule has 0 aliphatic carbocycles. The molecule has 0 radical (unpaired) electrons. The van der Waals surface area contributed by atoms with E-state index in [0.717, 1.165) is 22.6 Å². The average Bonchev–Trinajstić information content (AvgIpc) is 2.87. The van der Waals surface area contributed by atoms with E-state index in [1.54, 1.807) is 0 Å². The SMILES string of the molecule is Cc1ccc(OCC(=O)OCc2c(C)nc3ccccn23)cc1. The van der Waals surface area contributed by atoms with Crippen LogP contribution in [0.2, 0.25) is 0 Å². The molecule has 5 heteroatoms. The van der Waals surface area contributed by atoms with Gasteiger partial charge in [0.2, 0.25) is 0 Å². The molecule has 2 aromatic heterocycles. The largest absolute Gasteiger partial charge is 0.482 e. The molecule has 23 heavy (non-hydrogen) atoms. The molecule has 0 unspecified atom stereocenters. The fraction of sp³-hybridized carbons (Fsp3) is 0.222. The minimum absolute atomic E-state index is 0.112. The monoisotopic (exact) mass is 310 g/mol. The van der Waals surface area contributed by atoms with Crippen LogP contribution < -0.4 is 4.74 Å². The molecule has 5 nitrogen and oxygen atoms in total. The molecular formula is C18H18N2O3. The zero-order valence-corrected chi connectivity index (χ0v) is 13.2. The first-order chi connectivity index (χ1) is 11.1. The first-order valence-corrected chi connectivity index (χ1v) is 7.41. The Balaban J connectivity index is 1.58. The summed E-state index contributed by atoms with van der Waals surface area (Å²) in [6.07, 6.45) is 1.90. The van der Waals surface area contributed by atoms with Crippen molar-refractivity contribution in [1.29, 1.82) is 0 Å². The van der Waals surface area contributed by atoms with Gasteiger partial charge in [-0.15, -0.1) is 0 Å². The number of hydrogen-bond acceptors (Lipinski definition) is 4. The predicted octanol–water partition coefficient (Wildman–Crippen LogP) is 3.07. The molecule has 0 N–H and O–H groups in total. The van der Waals surface area contributed by atoms with Gasteiger partial charge in [-0.2, -0.15) is 0 Å². The Labute approximate surface area is 134 Å². The lowest BCUT2D eigenvalue weighted by Gasteiger charge is -2.08. The Morgan fingerprint density at radius 1 is 1.13 bits per heavy atom. The van der Waals surface area contributed by atoms with Crippen LogP contribution in [-0.2, 0) is 16.1 Å². The summed E-state index contributed by atoms with van der Waals surface area (Å²) < 4.78 is 12.6. The molecular weight excluding hydrogens is 292 g/mol. The van der Waals surface area contributed by atoms with Crippen molar-refractivity contribution in [2.45, 2.75) is 20.5 Å². The Hall–Kier alpha value is -2.82. The van der Waals surface area contributed by atoms with Crippen molar-refractivity contribution in [1.82, 2.24) is 9.38 Å². The first-order valence-electron chi connectivity index (χ1n) is 7.41. The molecule has 1 aromatic carbocycles. The lowest BCUT2D eigenvalue weighted by atomic mass is 10.2. The van der Waals surface area contributed by atoms with Crippen molar-refractivity contribution < 1.29 is 14.3 Å². The molecule has 0 fully saturated rings. The molecule has 0 aliphatic heterocycles. The number of aromatic nitrogens is 2. The molecule has 0 atom stereocenters. The third-order valence-electron chi connectivity index (χ3n) is 3.58. The number of aryl methyl sites for hydroxylation is 2. The molecule has 3 rings (SSSR count). The zero-order chi connectivity index (χ0) is 16.2. The minimum Gasteiger partial charge on any atom is -0.482 e. The average molecular weight is 310 g/mol. The van der Waals surface area contributed by atoms with Gasteiger partial charge in [0.15, 0.2) is 6.61 Å². The second kappa shape index (κ2) is 6.52. The number of ether oxygens (including phenoxy) is 2. The first kappa shape index (κ1) is 15.1. The van der Waals surface area contributed by atoms with Crippen molar-refractivity contribution in [3.63, 3.8) is 0 Å². The van der Waals surface area contributed by atoms with Gasteiger partial charge >= 0.3 is 5.97 Å². The van der Waals surface area contributed by atoms with Crippen molar-refractivity contribution in [3.05, 3.63) is 65.6 Å². The van der Waals surface area contributed by atoms with Crippen LogP contribution in [0.3, 0.4) is 0 Å². The number of hydrogen-bond donors (Lipinski definition) is 0. The van der Waals surface area contributed by atoms with Gasteiger partial charge in [-0.25, -0.2) is 9.78 Å². The van der Waals surface area contributed by atoms with E-state index in [1.807, 2.05) is 66.9 Å². The second-order valence-corrected chi connectivity index (χ2v) is 5.34. The molecule has 118 valence electrons. The highest BCUT2D eigenvalue weighted by Gasteiger charge is 2.11. The Kier molecular flexibility index (Phi) is 4.28. The molecule has 0 aliphatic rings. The fourth-order valence-electron chi connectivity index (χ4n) is 2.31. The van der Waals surface area contributed by atoms with Crippen molar-refractivity contribution >= 4 is 11.6 Å². The summed E-state index contributed by atoms with van der Waals surface area (Å²) in [5, 5.41) is 0. The maximum Gasteiger partial charge on any atom is 0.344 e. The highest BCUT2D eigenvalue weighted by atomic mass is 16.6. The third kappa shape index (κ3) is 3.51. The maximum absolute atomic E-state index is 11.8. The van der Waals surface area contributed by atoms with E-state index in [0.29, 0.717) is 5.75 Å². The van der Waals surface area contributed by atoms with Crippen LogP contribution in [0, 0.1) is 13.8 Å². The summed E-state index contributed by atoms with van der Waals surface area (Å²) in [6.45, 7) is 3.96. The van der Waals surface area contributed by atoms with Gasteiger partial charge in [0.25, 0.3) is 0 Å². The number of carbonyl (C=O) groups is 1. The summed E-state index contributed by atoms with van der Waals surface area (Å²) in [4.78, 5) is 16.3. The summed E-state index contributed by atoms with van der Waals surface area (Å²) >= 11 is 0. The zero-order valence-electron chi connectivity index (χ0n) is 13.2. The van der Waals surface area contributed by atoms with Crippen LogP contribution in [0.4, 0.5) is 0 Å². The van der Waals surface area contributed by atoms with Crippen LogP contribution in [0.15, 0.2) is 48.7 Å². The van der Waals surface area contributed by atoms with Gasteiger partial charge in [-0.1, -0.05) is 23.8 Å². The highest BCUT2D eigenvalue weighted by Crippen LogP contribution is 2.14. The van der Waals surface area contributed by atoms with Crippen LogP contribution in [0.25, 0.3) is 5.65 Å². The van der Waals surface area contributed by atoms with E-state index < -0.39 is 5.97 Å². The van der Waals surface area contributed by atoms with Crippen molar-refractivity contribution in [2.24, 2.45) is 0 Å². The van der Waals surface area contributed by atoms with Crippen molar-refractivity contribution in [3.8, 4) is 5.75 Å². The van der Waals surface area contributed by atoms with Gasteiger partial charge < -0.3 is 13.9 Å². The summed E-state index contributed by atoms with van der Waals surface area (Å²) in [5.74, 6) is 0.245. The molecule has 0 spiro atoms. The van der Waals surface area contributed by atoms with Crippen LogP contribution in [0.1, 0.15) is 17.0 Å². The maximum atomic E-state index is 11.8. The van der Waals surface area contributed by atoms with Gasteiger partial charge in [0.1, 0.15) is 18.0 Å². The summed E-state index contributed by atoms with van der Waals surface area (Å²) in [5.41, 5.74) is 3.70.